The number of phenolic OH excluding ortho intramolecular Hbond substituents is 1. The van der Waals surface area contributed by atoms with Gasteiger partial charge in [0.2, 0.25) is 10.0 Å². The van der Waals surface area contributed by atoms with E-state index in [9.17, 15) is 23.4 Å². The molecule has 1 aliphatic heterocycles. The highest BCUT2D eigenvalue weighted by molar-refractivity contribution is 8.00. The van der Waals surface area contributed by atoms with Gasteiger partial charge in [-0.1, -0.05) is 0 Å². The quantitative estimate of drug-likeness (QED) is 0.868. The molecule has 2 N–H and O–H groups in total. The van der Waals surface area contributed by atoms with E-state index in [-0.39, 0.29) is 17.2 Å². The number of hydrogen-bond donors (Lipinski definition) is 2. The molecule has 116 valence electrons. The molecule has 1 aliphatic rings. The maximum absolute atomic E-state index is 12.7. The zero-order chi connectivity index (χ0) is 15.8. The molecule has 1 aromatic rings. The summed E-state index contributed by atoms with van der Waals surface area (Å²) < 4.78 is 25.7. The standard InChI is InChI=1S/C13H17NO5S2/c1-13(2)11(12(16)17)14(7-8-20-13)21(18,19)10-5-3-9(15)4-6-10/h3-6,11,15H,7-8H2,1-2H3,(H,16,17)/t11-/m0/s1. The maximum atomic E-state index is 12.7. The fourth-order valence-electron chi connectivity index (χ4n) is 2.39. The Hall–Kier alpha value is -1.25. The Balaban J connectivity index is 2.46. The number of benzene rings is 1. The monoisotopic (exact) mass is 331 g/mol. The minimum Gasteiger partial charge on any atom is -0.508 e. The van der Waals surface area contributed by atoms with Crippen LogP contribution in [0, 0.1) is 0 Å². The van der Waals surface area contributed by atoms with E-state index in [1.165, 1.54) is 36.0 Å². The minimum atomic E-state index is -3.92. The Labute approximate surface area is 127 Å². The van der Waals surface area contributed by atoms with Crippen LogP contribution < -0.4 is 0 Å². The number of rotatable bonds is 3. The summed E-state index contributed by atoms with van der Waals surface area (Å²) in [6, 6.07) is 3.96. The third-order valence-corrected chi connectivity index (χ3v) is 6.64. The van der Waals surface area contributed by atoms with Crippen LogP contribution in [0.4, 0.5) is 0 Å². The van der Waals surface area contributed by atoms with Crippen molar-refractivity contribution >= 4 is 27.8 Å². The average Bonchev–Trinajstić information content (AvgIpc) is 2.37. The van der Waals surface area contributed by atoms with E-state index in [1.807, 2.05) is 0 Å². The molecule has 1 aromatic carbocycles. The number of sulfonamides is 1. The molecule has 8 heteroatoms. The van der Waals surface area contributed by atoms with Gasteiger partial charge in [-0.05, 0) is 38.1 Å². The molecule has 0 amide bonds. The second-order valence-corrected chi connectivity index (χ2v) is 8.94. The predicted octanol–water partition coefficient (Wildman–Crippen LogP) is 1.36. The molecule has 0 unspecified atom stereocenters. The van der Waals surface area contributed by atoms with Crippen LogP contribution in [0.15, 0.2) is 29.2 Å². The van der Waals surface area contributed by atoms with E-state index >= 15 is 0 Å². The summed E-state index contributed by atoms with van der Waals surface area (Å²) in [5.74, 6) is -0.665. The predicted molar refractivity (Wildman–Crippen MR) is 80.0 cm³/mol. The van der Waals surface area contributed by atoms with Crippen molar-refractivity contribution in [3.8, 4) is 5.75 Å². The summed E-state index contributed by atoms with van der Waals surface area (Å²) in [5.41, 5.74) is 0. The number of carboxylic acids is 1. The molecule has 0 radical (unpaired) electrons. The van der Waals surface area contributed by atoms with Crippen LogP contribution in [0.25, 0.3) is 0 Å². The molecule has 1 atom stereocenters. The first-order valence-electron chi connectivity index (χ1n) is 6.34. The zero-order valence-electron chi connectivity index (χ0n) is 11.7. The number of nitrogens with zero attached hydrogens (tertiary/aromatic N) is 1. The van der Waals surface area contributed by atoms with Crippen LogP contribution in [0.2, 0.25) is 0 Å². The van der Waals surface area contributed by atoms with Gasteiger partial charge in [0.15, 0.2) is 0 Å². The van der Waals surface area contributed by atoms with Crippen LogP contribution >= 0.6 is 11.8 Å². The number of carbonyl (C=O) groups is 1. The van der Waals surface area contributed by atoms with Crippen LogP contribution in [0.5, 0.6) is 5.75 Å². The van der Waals surface area contributed by atoms with Crippen molar-refractivity contribution in [2.75, 3.05) is 12.3 Å². The number of phenols is 1. The van der Waals surface area contributed by atoms with Crippen molar-refractivity contribution in [1.82, 2.24) is 4.31 Å². The van der Waals surface area contributed by atoms with Crippen LogP contribution in [0.3, 0.4) is 0 Å². The summed E-state index contributed by atoms with van der Waals surface area (Å²) >= 11 is 1.45. The second kappa shape index (κ2) is 5.51. The van der Waals surface area contributed by atoms with Crippen molar-refractivity contribution in [2.45, 2.75) is 29.5 Å². The van der Waals surface area contributed by atoms with Gasteiger partial charge in [-0.2, -0.15) is 16.1 Å². The molecule has 2 rings (SSSR count). The maximum Gasteiger partial charge on any atom is 0.323 e. The van der Waals surface area contributed by atoms with Gasteiger partial charge < -0.3 is 10.2 Å². The second-order valence-electron chi connectivity index (χ2n) is 5.30. The van der Waals surface area contributed by atoms with Crippen molar-refractivity contribution in [2.24, 2.45) is 0 Å². The molecular weight excluding hydrogens is 314 g/mol. The fraction of sp³-hybridized carbons (Fsp3) is 0.462. The number of carboxylic acid groups (broad SMARTS) is 1. The van der Waals surface area contributed by atoms with Crippen molar-refractivity contribution in [3.63, 3.8) is 0 Å². The lowest BCUT2D eigenvalue weighted by atomic mass is 10.0. The van der Waals surface area contributed by atoms with Gasteiger partial charge >= 0.3 is 5.97 Å². The third kappa shape index (κ3) is 3.02. The van der Waals surface area contributed by atoms with E-state index in [4.69, 9.17) is 0 Å². The van der Waals surface area contributed by atoms with Crippen LogP contribution in [-0.4, -0.2) is 52.0 Å². The van der Waals surface area contributed by atoms with Gasteiger partial charge in [0, 0.05) is 17.0 Å². The number of aliphatic carboxylic acids is 1. The largest absolute Gasteiger partial charge is 0.508 e. The van der Waals surface area contributed by atoms with Gasteiger partial charge in [-0.15, -0.1) is 0 Å². The van der Waals surface area contributed by atoms with E-state index in [0.717, 1.165) is 4.31 Å². The minimum absolute atomic E-state index is 0.0192. The molecule has 0 aliphatic carbocycles. The molecule has 1 saturated heterocycles. The van der Waals surface area contributed by atoms with E-state index in [1.54, 1.807) is 13.8 Å². The van der Waals surface area contributed by atoms with Gasteiger partial charge in [-0.25, -0.2) is 8.42 Å². The lowest BCUT2D eigenvalue weighted by Crippen LogP contribution is -2.58. The lowest BCUT2D eigenvalue weighted by molar-refractivity contribution is -0.142. The molecular formula is C13H17NO5S2. The molecule has 1 fully saturated rings. The zero-order valence-corrected chi connectivity index (χ0v) is 13.3. The summed E-state index contributed by atoms with van der Waals surface area (Å²) in [4.78, 5) is 11.5. The average molecular weight is 331 g/mol. The highest BCUT2D eigenvalue weighted by Crippen LogP contribution is 2.38. The van der Waals surface area contributed by atoms with Crippen molar-refractivity contribution in [1.29, 1.82) is 0 Å². The summed E-state index contributed by atoms with van der Waals surface area (Å²) in [5, 5.41) is 18.7. The molecule has 0 spiro atoms. The summed E-state index contributed by atoms with van der Waals surface area (Å²) in [6.45, 7) is 3.61. The molecule has 0 bridgehead atoms. The number of thioether (sulfide) groups is 1. The van der Waals surface area contributed by atoms with Crippen molar-refractivity contribution < 1.29 is 23.4 Å². The van der Waals surface area contributed by atoms with Crippen molar-refractivity contribution in [3.05, 3.63) is 24.3 Å². The smallest absolute Gasteiger partial charge is 0.323 e. The first kappa shape index (κ1) is 16.1. The molecule has 0 aromatic heterocycles. The number of hydrogen-bond acceptors (Lipinski definition) is 5. The first-order chi connectivity index (χ1) is 9.66. The summed E-state index contributed by atoms with van der Waals surface area (Å²) in [7, 11) is -3.92. The van der Waals surface area contributed by atoms with Gasteiger partial charge in [-0.3, -0.25) is 4.79 Å². The topological polar surface area (TPSA) is 94.9 Å². The Kier molecular flexibility index (Phi) is 4.23. The molecule has 21 heavy (non-hydrogen) atoms. The highest BCUT2D eigenvalue weighted by Gasteiger charge is 2.48. The third-order valence-electron chi connectivity index (χ3n) is 3.41. The van der Waals surface area contributed by atoms with Crippen LogP contribution in [0.1, 0.15) is 13.8 Å². The highest BCUT2D eigenvalue weighted by atomic mass is 32.2. The Morgan fingerprint density at radius 3 is 2.43 bits per heavy atom. The number of aromatic hydroxyl groups is 1. The van der Waals surface area contributed by atoms with Crippen LogP contribution in [-0.2, 0) is 14.8 Å². The van der Waals surface area contributed by atoms with Gasteiger partial charge in [0.05, 0.1) is 4.90 Å². The van der Waals surface area contributed by atoms with E-state index in [0.29, 0.717) is 5.75 Å². The SMILES string of the molecule is CC1(C)SCCN(S(=O)(=O)c2ccc(O)cc2)[C@H]1C(=O)O. The molecule has 1 heterocycles. The molecule has 0 saturated carbocycles. The molecule has 6 nitrogen and oxygen atoms in total. The Morgan fingerprint density at radius 1 is 1.33 bits per heavy atom. The first-order valence-corrected chi connectivity index (χ1v) is 8.76. The summed E-state index contributed by atoms with van der Waals surface area (Å²) in [6.07, 6.45) is 0. The Bertz CT molecular complexity index is 639. The normalized spacial score (nSPS) is 22.9. The van der Waals surface area contributed by atoms with Gasteiger partial charge in [0.25, 0.3) is 0 Å². The lowest BCUT2D eigenvalue weighted by Gasteiger charge is -2.42. The van der Waals surface area contributed by atoms with Gasteiger partial charge in [0.1, 0.15) is 11.8 Å². The Morgan fingerprint density at radius 2 is 1.90 bits per heavy atom. The fourth-order valence-corrected chi connectivity index (χ4v) is 5.48. The van der Waals surface area contributed by atoms with E-state index in [2.05, 4.69) is 0 Å². The van der Waals surface area contributed by atoms with E-state index < -0.39 is 26.8 Å².